The van der Waals surface area contributed by atoms with Gasteiger partial charge in [0.05, 0.1) is 16.5 Å². The van der Waals surface area contributed by atoms with Crippen molar-refractivity contribution in [3.05, 3.63) is 53.6 Å². The number of likely N-dealkylation sites (N-methyl/N-ethyl adjacent to an activating group) is 1. The van der Waals surface area contributed by atoms with E-state index < -0.39 is 21.6 Å². The van der Waals surface area contributed by atoms with Crippen molar-refractivity contribution in [3.63, 3.8) is 0 Å². The third kappa shape index (κ3) is 6.21. The normalized spacial score (nSPS) is 19.6. The Balaban J connectivity index is 1.42. The van der Waals surface area contributed by atoms with Gasteiger partial charge in [0.15, 0.2) is 0 Å². The van der Waals surface area contributed by atoms with E-state index in [9.17, 15) is 18.5 Å². The predicted molar refractivity (Wildman–Crippen MR) is 144 cm³/mol. The minimum absolute atomic E-state index is 0.238. The van der Waals surface area contributed by atoms with Crippen LogP contribution in [0, 0.1) is 18.3 Å². The Kier molecular flexibility index (Phi) is 8.34. The topological polar surface area (TPSA) is 120 Å². The molecule has 1 aliphatic carbocycles. The maximum atomic E-state index is 13.2. The lowest BCUT2D eigenvalue weighted by Gasteiger charge is -2.32. The quantitative estimate of drug-likeness (QED) is 0.576. The van der Waals surface area contributed by atoms with Crippen molar-refractivity contribution in [3.8, 4) is 17.2 Å². The van der Waals surface area contributed by atoms with Crippen LogP contribution in [0.3, 0.4) is 0 Å². The number of nitrogens with one attached hydrogen (secondary N) is 1. The number of sulfonamides is 1. The molecule has 0 bridgehead atoms. The van der Waals surface area contributed by atoms with Gasteiger partial charge in [-0.3, -0.25) is 4.79 Å². The molecule has 0 radical (unpaired) electrons. The third-order valence-corrected chi connectivity index (χ3v) is 9.70. The van der Waals surface area contributed by atoms with Gasteiger partial charge in [0.25, 0.3) is 0 Å². The minimum atomic E-state index is -3.53. The largest absolute Gasteiger partial charge is 0.338 e. The molecule has 1 atom stereocenters. The summed E-state index contributed by atoms with van der Waals surface area (Å²) in [6.07, 6.45) is 4.66. The van der Waals surface area contributed by atoms with Gasteiger partial charge in [-0.2, -0.15) is 9.57 Å². The molecule has 4 rings (SSSR count). The van der Waals surface area contributed by atoms with Gasteiger partial charge in [-0.1, -0.05) is 55.7 Å². The Morgan fingerprint density at radius 1 is 1.05 bits per heavy atom. The van der Waals surface area contributed by atoms with Crippen LogP contribution in [0.25, 0.3) is 11.1 Å². The zero-order valence-electron chi connectivity index (χ0n) is 21.7. The number of hydrogen-bond donors (Lipinski definition) is 2. The first-order valence-electron chi connectivity index (χ1n) is 13.0. The average Bonchev–Trinajstić information content (AvgIpc) is 2.89. The highest BCUT2D eigenvalue weighted by molar-refractivity contribution is 7.89. The molecular weight excluding hydrogens is 486 g/mol. The smallest absolute Gasteiger partial charge is 0.243 e. The number of amides is 1. The highest BCUT2D eigenvalue weighted by atomic mass is 32.2. The van der Waals surface area contributed by atoms with E-state index in [1.165, 1.54) is 0 Å². The second-order valence-corrected chi connectivity index (χ2v) is 12.4. The summed E-state index contributed by atoms with van der Waals surface area (Å²) in [5.74, 6) is -0.238. The highest BCUT2D eigenvalue weighted by Gasteiger charge is 2.36. The van der Waals surface area contributed by atoms with Gasteiger partial charge in [0.2, 0.25) is 15.9 Å². The van der Waals surface area contributed by atoms with Crippen LogP contribution in [0.5, 0.6) is 0 Å². The van der Waals surface area contributed by atoms with Crippen molar-refractivity contribution < 1.29 is 13.2 Å². The van der Waals surface area contributed by atoms with Gasteiger partial charge in [0, 0.05) is 32.6 Å². The second-order valence-electron chi connectivity index (χ2n) is 10.5. The van der Waals surface area contributed by atoms with Crippen molar-refractivity contribution in [1.82, 2.24) is 14.5 Å². The van der Waals surface area contributed by atoms with Gasteiger partial charge >= 0.3 is 0 Å². The van der Waals surface area contributed by atoms with Crippen LogP contribution in [0.4, 0.5) is 0 Å². The Labute approximate surface area is 220 Å². The molecule has 1 saturated heterocycles. The molecule has 2 aromatic rings. The number of piperazine rings is 1. The molecule has 1 aliphatic heterocycles. The van der Waals surface area contributed by atoms with Crippen LogP contribution in [0.1, 0.15) is 43.2 Å². The zero-order chi connectivity index (χ0) is 26.6. The minimum Gasteiger partial charge on any atom is -0.338 e. The third-order valence-electron chi connectivity index (χ3n) is 7.64. The van der Waals surface area contributed by atoms with E-state index in [0.29, 0.717) is 42.8 Å². The van der Waals surface area contributed by atoms with Crippen molar-refractivity contribution in [2.75, 3.05) is 33.2 Å². The van der Waals surface area contributed by atoms with Crippen molar-refractivity contribution >= 4 is 15.9 Å². The van der Waals surface area contributed by atoms with Crippen LogP contribution >= 0.6 is 0 Å². The van der Waals surface area contributed by atoms with E-state index in [-0.39, 0.29) is 5.91 Å². The Morgan fingerprint density at radius 2 is 1.68 bits per heavy atom. The number of rotatable bonds is 7. The van der Waals surface area contributed by atoms with Gasteiger partial charge < -0.3 is 16.0 Å². The maximum Gasteiger partial charge on any atom is 0.243 e. The summed E-state index contributed by atoms with van der Waals surface area (Å²) >= 11 is 0. The molecule has 1 amide bonds. The number of nitriles is 1. The van der Waals surface area contributed by atoms with Gasteiger partial charge in [-0.05, 0) is 55.1 Å². The van der Waals surface area contributed by atoms with Crippen LogP contribution in [0.15, 0.2) is 47.4 Å². The molecule has 2 aromatic carbocycles. The van der Waals surface area contributed by atoms with E-state index in [0.717, 1.165) is 49.0 Å². The summed E-state index contributed by atoms with van der Waals surface area (Å²) in [5.41, 5.74) is 8.96. The van der Waals surface area contributed by atoms with Crippen LogP contribution in [-0.4, -0.2) is 68.3 Å². The summed E-state index contributed by atoms with van der Waals surface area (Å²) in [4.78, 5) is 15.2. The molecule has 3 N–H and O–H groups in total. The number of benzene rings is 2. The molecule has 2 aliphatic rings. The lowest BCUT2D eigenvalue weighted by Crippen LogP contribution is -2.57. The summed E-state index contributed by atoms with van der Waals surface area (Å²) in [6.45, 7) is 4.28. The predicted octanol–water partition coefficient (Wildman–Crippen LogP) is 2.81. The maximum absolute atomic E-state index is 13.2. The molecule has 1 saturated carbocycles. The lowest BCUT2D eigenvalue weighted by atomic mass is 9.81. The van der Waals surface area contributed by atoms with E-state index in [4.69, 9.17) is 5.73 Å². The number of carbonyl (C=O) groups excluding carboxylic acids is 1. The first-order chi connectivity index (χ1) is 17.6. The number of nitrogens with zero attached hydrogens (tertiary/aromatic N) is 3. The van der Waals surface area contributed by atoms with Crippen LogP contribution in [0.2, 0.25) is 0 Å². The van der Waals surface area contributed by atoms with E-state index >= 15 is 0 Å². The zero-order valence-corrected chi connectivity index (χ0v) is 22.6. The monoisotopic (exact) mass is 523 g/mol. The number of hydrogen-bond acceptors (Lipinski definition) is 6. The standard InChI is InChI=1S/C28H37N5O3S/c1-21-18-24(10-11-26(21)37(35,36)33-16-14-32(2)15-17-33)23-8-6-22(7-9-23)19-25(20-29)31-27(34)28(30)12-4-3-5-13-28/h6-11,18,25H,3-5,12-17,19,30H2,1-2H3,(H,31,34). The summed E-state index contributed by atoms with van der Waals surface area (Å²) < 4.78 is 27.9. The molecule has 1 heterocycles. The Bertz CT molecular complexity index is 1260. The van der Waals surface area contributed by atoms with Crippen molar-refractivity contribution in [1.29, 1.82) is 5.26 Å². The summed E-state index contributed by atoms with van der Waals surface area (Å²) in [7, 11) is -1.53. The van der Waals surface area contributed by atoms with Crippen molar-refractivity contribution in [2.24, 2.45) is 5.73 Å². The fourth-order valence-electron chi connectivity index (χ4n) is 5.20. The summed E-state index contributed by atoms with van der Waals surface area (Å²) in [6, 6.07) is 14.8. The Morgan fingerprint density at radius 3 is 2.27 bits per heavy atom. The molecule has 198 valence electrons. The van der Waals surface area contributed by atoms with Gasteiger partial charge in [-0.25, -0.2) is 8.42 Å². The SMILES string of the molecule is Cc1cc(-c2ccc(CC(C#N)NC(=O)C3(N)CCCCC3)cc2)ccc1S(=O)(=O)N1CCN(C)CC1. The fourth-order valence-corrected chi connectivity index (χ4v) is 6.82. The second kappa shape index (κ2) is 11.3. The number of carbonyl (C=O) groups is 1. The molecule has 1 unspecified atom stereocenters. The first kappa shape index (κ1) is 27.3. The van der Waals surface area contributed by atoms with E-state index in [1.807, 2.05) is 50.4 Å². The highest BCUT2D eigenvalue weighted by Crippen LogP contribution is 2.28. The van der Waals surface area contributed by atoms with Gasteiger partial charge in [-0.15, -0.1) is 0 Å². The first-order valence-corrected chi connectivity index (χ1v) is 14.4. The molecule has 8 nitrogen and oxygen atoms in total. The van der Waals surface area contributed by atoms with E-state index in [1.54, 1.807) is 10.4 Å². The van der Waals surface area contributed by atoms with Crippen LogP contribution in [-0.2, 0) is 21.2 Å². The molecule has 2 fully saturated rings. The number of nitrogens with two attached hydrogens (primary N) is 1. The Hall–Kier alpha value is -2.77. The molecule has 37 heavy (non-hydrogen) atoms. The lowest BCUT2D eigenvalue weighted by molar-refractivity contribution is -0.127. The van der Waals surface area contributed by atoms with Crippen LogP contribution < -0.4 is 11.1 Å². The van der Waals surface area contributed by atoms with Crippen molar-refractivity contribution in [2.45, 2.75) is 61.9 Å². The van der Waals surface area contributed by atoms with Gasteiger partial charge in [0.1, 0.15) is 6.04 Å². The molecule has 9 heteroatoms. The van der Waals surface area contributed by atoms with E-state index in [2.05, 4.69) is 16.3 Å². The summed E-state index contributed by atoms with van der Waals surface area (Å²) in [5, 5.41) is 12.5. The fraction of sp³-hybridized carbons (Fsp3) is 0.500. The number of aryl methyl sites for hydroxylation is 1. The average molecular weight is 524 g/mol. The molecule has 0 aromatic heterocycles. The molecule has 0 spiro atoms. The molecular formula is C28H37N5O3S.